The number of nitrogens with one attached hydrogen (secondary N) is 3. The number of carbonyl (C=O) groups excluding carboxylic acids is 1. The molecule has 0 aliphatic rings. The van der Waals surface area contributed by atoms with E-state index in [1.807, 2.05) is 13.8 Å². The van der Waals surface area contributed by atoms with E-state index in [2.05, 4.69) is 25.9 Å². The average molecular weight is 307 g/mol. The van der Waals surface area contributed by atoms with Gasteiger partial charge in [-0.25, -0.2) is 0 Å². The van der Waals surface area contributed by atoms with Crippen LogP contribution in [0.1, 0.15) is 24.2 Å². The van der Waals surface area contributed by atoms with E-state index in [1.54, 1.807) is 25.4 Å². The average Bonchev–Trinajstić information content (AvgIpc) is 2.52. The van der Waals surface area contributed by atoms with Crippen LogP contribution < -0.4 is 16.0 Å². The van der Waals surface area contributed by atoms with Crippen molar-refractivity contribution in [2.45, 2.75) is 19.9 Å². The largest absolute Gasteiger partial charge is 0.383 e. The topological polar surface area (TPSA) is 87.6 Å². The summed E-state index contributed by atoms with van der Waals surface area (Å²) in [6, 6.07) is 3.62. The third kappa shape index (κ3) is 7.03. The second kappa shape index (κ2) is 10.6. The third-order valence-corrected chi connectivity index (χ3v) is 2.74. The zero-order valence-electron chi connectivity index (χ0n) is 13.4. The molecule has 3 N–H and O–H groups in total. The molecule has 1 aromatic heterocycles. The number of pyridine rings is 1. The van der Waals surface area contributed by atoms with Gasteiger partial charge in [0.2, 0.25) is 0 Å². The first-order valence-corrected chi connectivity index (χ1v) is 7.39. The van der Waals surface area contributed by atoms with Gasteiger partial charge >= 0.3 is 0 Å². The van der Waals surface area contributed by atoms with Gasteiger partial charge in [-0.2, -0.15) is 0 Å². The molecule has 1 aromatic rings. The van der Waals surface area contributed by atoms with Crippen molar-refractivity contribution in [3.8, 4) is 0 Å². The molecular formula is C15H25N5O2. The van der Waals surface area contributed by atoms with Crippen LogP contribution in [0.2, 0.25) is 0 Å². The van der Waals surface area contributed by atoms with Crippen LogP contribution in [0.4, 0.5) is 0 Å². The van der Waals surface area contributed by atoms with Gasteiger partial charge in [-0.15, -0.1) is 0 Å². The summed E-state index contributed by atoms with van der Waals surface area (Å²) in [7, 11) is 1.66. The summed E-state index contributed by atoms with van der Waals surface area (Å²) < 4.78 is 5.08. The van der Waals surface area contributed by atoms with E-state index >= 15 is 0 Å². The first-order chi connectivity index (χ1) is 10.7. The molecule has 7 nitrogen and oxygen atoms in total. The van der Waals surface area contributed by atoms with Crippen molar-refractivity contribution in [2.75, 3.05) is 33.4 Å². The molecule has 1 rings (SSSR count). The molecule has 0 saturated carbocycles. The number of rotatable bonds is 8. The molecular weight excluding hydrogens is 282 g/mol. The van der Waals surface area contributed by atoms with Crippen LogP contribution in [0.25, 0.3) is 0 Å². The molecule has 0 spiro atoms. The maximum atomic E-state index is 11.8. The second-order valence-electron chi connectivity index (χ2n) is 4.76. The van der Waals surface area contributed by atoms with Crippen molar-refractivity contribution in [3.05, 3.63) is 30.1 Å². The number of ether oxygens (including phenoxy) is 1. The number of guanidine groups is 1. The fourth-order valence-electron chi connectivity index (χ4n) is 1.78. The van der Waals surface area contributed by atoms with Crippen molar-refractivity contribution in [1.82, 2.24) is 20.9 Å². The molecule has 7 heteroatoms. The van der Waals surface area contributed by atoms with Crippen molar-refractivity contribution >= 4 is 11.9 Å². The Hall–Kier alpha value is -2.15. The van der Waals surface area contributed by atoms with E-state index < -0.39 is 0 Å². The Labute approximate surface area is 131 Å². The molecule has 1 amide bonds. The normalized spacial score (nSPS) is 12.6. The van der Waals surface area contributed by atoms with Crippen molar-refractivity contribution in [2.24, 2.45) is 4.99 Å². The van der Waals surface area contributed by atoms with E-state index in [0.717, 1.165) is 6.54 Å². The van der Waals surface area contributed by atoms with Gasteiger partial charge in [0.25, 0.3) is 5.91 Å². The van der Waals surface area contributed by atoms with E-state index in [9.17, 15) is 4.79 Å². The van der Waals surface area contributed by atoms with Crippen LogP contribution >= 0.6 is 0 Å². The number of aromatic nitrogens is 1. The molecule has 0 aliphatic heterocycles. The summed E-state index contributed by atoms with van der Waals surface area (Å²) in [5.74, 6) is 0.566. The van der Waals surface area contributed by atoms with E-state index in [-0.39, 0.29) is 11.9 Å². The molecule has 0 saturated heterocycles. The number of methoxy groups -OCH3 is 1. The number of hydrogen-bond acceptors (Lipinski definition) is 4. The van der Waals surface area contributed by atoms with E-state index in [1.165, 1.54) is 6.20 Å². The molecule has 0 aliphatic carbocycles. The maximum absolute atomic E-state index is 11.8. The SMILES string of the molecule is CCNC(=NCCNC(=O)c1cccnc1)NC(C)COC. The summed E-state index contributed by atoms with van der Waals surface area (Å²) in [5.41, 5.74) is 0.547. The fourth-order valence-corrected chi connectivity index (χ4v) is 1.78. The smallest absolute Gasteiger partial charge is 0.252 e. The van der Waals surface area contributed by atoms with Crippen LogP contribution in [-0.4, -0.2) is 56.2 Å². The van der Waals surface area contributed by atoms with Gasteiger partial charge in [0.1, 0.15) is 0 Å². The third-order valence-electron chi connectivity index (χ3n) is 2.74. The Morgan fingerprint density at radius 3 is 2.91 bits per heavy atom. The quantitative estimate of drug-likeness (QED) is 0.368. The Balaban J connectivity index is 2.38. The predicted molar refractivity (Wildman–Crippen MR) is 87.0 cm³/mol. The molecule has 0 fully saturated rings. The summed E-state index contributed by atoms with van der Waals surface area (Å²) in [6.45, 7) is 6.34. The standard InChI is InChI=1S/C15H25N5O2/c1-4-17-15(20-12(2)11-22-3)19-9-8-18-14(21)13-6-5-7-16-10-13/h5-7,10,12H,4,8-9,11H2,1-3H3,(H,18,21)(H2,17,19,20). The number of aliphatic imine (C=N–C) groups is 1. The molecule has 0 bridgehead atoms. The molecule has 0 radical (unpaired) electrons. The summed E-state index contributed by atoms with van der Waals surface area (Å²) in [4.78, 5) is 20.2. The monoisotopic (exact) mass is 307 g/mol. The van der Waals surface area contributed by atoms with Crippen LogP contribution in [0.15, 0.2) is 29.5 Å². The number of nitrogens with zero attached hydrogens (tertiary/aromatic N) is 2. The zero-order chi connectivity index (χ0) is 16.2. The van der Waals surface area contributed by atoms with Gasteiger partial charge in [0.15, 0.2) is 5.96 Å². The van der Waals surface area contributed by atoms with Gasteiger partial charge in [-0.3, -0.25) is 14.8 Å². The van der Waals surface area contributed by atoms with Gasteiger partial charge in [-0.05, 0) is 26.0 Å². The Morgan fingerprint density at radius 2 is 2.27 bits per heavy atom. The van der Waals surface area contributed by atoms with Gasteiger partial charge in [-0.1, -0.05) is 0 Å². The number of amides is 1. The lowest BCUT2D eigenvalue weighted by Gasteiger charge is -2.17. The maximum Gasteiger partial charge on any atom is 0.252 e. The highest BCUT2D eigenvalue weighted by Crippen LogP contribution is 1.94. The van der Waals surface area contributed by atoms with Crippen molar-refractivity contribution < 1.29 is 9.53 Å². The van der Waals surface area contributed by atoms with E-state index in [0.29, 0.717) is 31.2 Å². The summed E-state index contributed by atoms with van der Waals surface area (Å²) in [6.07, 6.45) is 3.17. The molecule has 1 unspecified atom stereocenters. The van der Waals surface area contributed by atoms with Crippen LogP contribution in [0.3, 0.4) is 0 Å². The summed E-state index contributed by atoms with van der Waals surface area (Å²) in [5, 5.41) is 9.19. The molecule has 1 heterocycles. The van der Waals surface area contributed by atoms with Crippen LogP contribution in [0.5, 0.6) is 0 Å². The molecule has 1 atom stereocenters. The first-order valence-electron chi connectivity index (χ1n) is 7.39. The van der Waals surface area contributed by atoms with Crippen molar-refractivity contribution in [1.29, 1.82) is 0 Å². The Bertz CT molecular complexity index is 464. The molecule has 0 aromatic carbocycles. The number of hydrogen-bond donors (Lipinski definition) is 3. The van der Waals surface area contributed by atoms with Gasteiger partial charge < -0.3 is 20.7 Å². The molecule has 22 heavy (non-hydrogen) atoms. The minimum Gasteiger partial charge on any atom is -0.383 e. The van der Waals surface area contributed by atoms with Crippen molar-refractivity contribution in [3.63, 3.8) is 0 Å². The first kappa shape index (κ1) is 17.9. The molecule has 122 valence electrons. The predicted octanol–water partition coefficient (Wildman–Crippen LogP) is 0.401. The van der Waals surface area contributed by atoms with Crippen LogP contribution in [0, 0.1) is 0 Å². The highest BCUT2D eigenvalue weighted by atomic mass is 16.5. The highest BCUT2D eigenvalue weighted by Gasteiger charge is 2.05. The van der Waals surface area contributed by atoms with E-state index in [4.69, 9.17) is 4.74 Å². The lowest BCUT2D eigenvalue weighted by atomic mass is 10.3. The zero-order valence-corrected chi connectivity index (χ0v) is 13.4. The summed E-state index contributed by atoms with van der Waals surface area (Å²) >= 11 is 0. The fraction of sp³-hybridized carbons (Fsp3) is 0.533. The number of carbonyl (C=O) groups is 1. The second-order valence-corrected chi connectivity index (χ2v) is 4.76. The minimum absolute atomic E-state index is 0.144. The van der Waals surface area contributed by atoms with Gasteiger partial charge in [0, 0.05) is 38.6 Å². The Morgan fingerprint density at radius 1 is 1.45 bits per heavy atom. The minimum atomic E-state index is -0.144. The lowest BCUT2D eigenvalue weighted by Crippen LogP contribution is -2.44. The van der Waals surface area contributed by atoms with Crippen LogP contribution in [-0.2, 0) is 4.74 Å². The lowest BCUT2D eigenvalue weighted by molar-refractivity contribution is 0.0954. The van der Waals surface area contributed by atoms with Gasteiger partial charge in [0.05, 0.1) is 18.7 Å². The highest BCUT2D eigenvalue weighted by molar-refractivity contribution is 5.93. The Kier molecular flexibility index (Phi) is 8.59.